The van der Waals surface area contributed by atoms with Crippen LogP contribution in [-0.4, -0.2) is 16.9 Å². The first-order chi connectivity index (χ1) is 13.4. The number of rotatable bonds is 8. The number of aromatic nitrogens is 1. The zero-order valence-corrected chi connectivity index (χ0v) is 17.1. The molecular weight excluding hydrogens is 401 g/mol. The van der Waals surface area contributed by atoms with Gasteiger partial charge in [0.1, 0.15) is 0 Å². The molecule has 8 heteroatoms. The lowest BCUT2D eigenvalue weighted by molar-refractivity contribution is -0.118. The van der Waals surface area contributed by atoms with Gasteiger partial charge in [-0.15, -0.1) is 0 Å². The van der Waals surface area contributed by atoms with Gasteiger partial charge in [0.15, 0.2) is 11.6 Å². The number of nitrogens with zero attached hydrogens (tertiary/aromatic N) is 1. The first kappa shape index (κ1) is 20.5. The third-order valence-electron chi connectivity index (χ3n) is 4.32. The normalized spacial score (nSPS) is 13.4. The molecule has 0 fully saturated rings. The number of primary amides is 1. The van der Waals surface area contributed by atoms with E-state index in [-0.39, 0.29) is 29.3 Å². The van der Waals surface area contributed by atoms with Gasteiger partial charge in [-0.25, -0.2) is 9.37 Å². The highest BCUT2D eigenvalue weighted by Crippen LogP contribution is 2.39. The summed E-state index contributed by atoms with van der Waals surface area (Å²) in [6, 6.07) is 10.3. The number of hydrogen-bond donors (Lipinski definition) is 2. The Balaban J connectivity index is 1.89. The molecule has 5 nitrogen and oxygen atoms in total. The van der Waals surface area contributed by atoms with Gasteiger partial charge in [-0.05, 0) is 31.5 Å². The minimum absolute atomic E-state index is 0.0546. The summed E-state index contributed by atoms with van der Waals surface area (Å²) < 4.78 is 21.9. The van der Waals surface area contributed by atoms with Crippen LogP contribution >= 0.6 is 22.9 Å². The van der Waals surface area contributed by atoms with Gasteiger partial charge in [0.2, 0.25) is 5.91 Å². The van der Waals surface area contributed by atoms with Crippen molar-refractivity contribution in [1.29, 1.82) is 0 Å². The number of amides is 1. The van der Waals surface area contributed by atoms with Crippen LogP contribution in [0, 0.1) is 5.82 Å². The van der Waals surface area contributed by atoms with E-state index in [4.69, 9.17) is 22.1 Å². The zero-order chi connectivity index (χ0) is 20.3. The fraction of sp³-hybridized carbons (Fsp3) is 0.300. The number of carbonyl (C=O) groups excluding carboxylic acids is 1. The van der Waals surface area contributed by atoms with E-state index >= 15 is 4.39 Å². The number of nitrogens with two attached hydrogens (primary N) is 1. The number of thiazole rings is 1. The fourth-order valence-electron chi connectivity index (χ4n) is 3.02. The molecule has 1 aromatic heterocycles. The monoisotopic (exact) mass is 421 g/mol. The van der Waals surface area contributed by atoms with E-state index in [1.807, 2.05) is 38.1 Å². The molecule has 0 radical (unpaired) electrons. The van der Waals surface area contributed by atoms with Crippen molar-refractivity contribution >= 4 is 39.1 Å². The minimum atomic E-state index is -0.544. The first-order valence-electron chi connectivity index (χ1n) is 8.94. The van der Waals surface area contributed by atoms with Gasteiger partial charge in [0, 0.05) is 24.1 Å². The molecule has 2 aromatic carbocycles. The van der Waals surface area contributed by atoms with Crippen LogP contribution < -0.4 is 15.8 Å². The van der Waals surface area contributed by atoms with Crippen LogP contribution in [0.3, 0.4) is 0 Å². The highest BCUT2D eigenvalue weighted by molar-refractivity contribution is 7.20. The summed E-state index contributed by atoms with van der Waals surface area (Å²) in [4.78, 5) is 15.5. The summed E-state index contributed by atoms with van der Waals surface area (Å²) in [6.07, 6.45) is 0.781. The molecule has 1 amide bonds. The molecule has 2 atom stereocenters. The Kier molecular flexibility index (Phi) is 6.49. The molecule has 0 bridgehead atoms. The quantitative estimate of drug-likeness (QED) is 0.525. The Morgan fingerprint density at radius 3 is 2.79 bits per heavy atom. The summed E-state index contributed by atoms with van der Waals surface area (Å²) >= 11 is 7.52. The number of hydrogen-bond acceptors (Lipinski definition) is 5. The minimum Gasteiger partial charge on any atom is -0.426 e. The SMILES string of the molecule is CC[C@@H](N[C@@H](C)CC(N)=O)c1ccc(Cl)c(Oc2nc3ccccc3s2)c1F. The molecule has 0 aliphatic rings. The molecule has 3 N–H and O–H groups in total. The van der Waals surface area contributed by atoms with Gasteiger partial charge in [-0.2, -0.15) is 0 Å². The summed E-state index contributed by atoms with van der Waals surface area (Å²) in [5, 5.41) is 3.72. The summed E-state index contributed by atoms with van der Waals surface area (Å²) in [6.45, 7) is 3.76. The van der Waals surface area contributed by atoms with Gasteiger partial charge >= 0.3 is 0 Å². The van der Waals surface area contributed by atoms with Crippen LogP contribution in [0.2, 0.25) is 5.02 Å². The van der Waals surface area contributed by atoms with Gasteiger partial charge in [0.05, 0.1) is 15.2 Å². The molecule has 1 heterocycles. The lowest BCUT2D eigenvalue weighted by Gasteiger charge is -2.23. The Labute approximate surface area is 171 Å². The van der Waals surface area contributed by atoms with Gasteiger partial charge in [-0.3, -0.25) is 4.79 Å². The molecule has 3 rings (SSSR count). The number of para-hydroxylation sites is 1. The molecule has 0 aliphatic heterocycles. The summed E-state index contributed by atoms with van der Waals surface area (Å²) in [7, 11) is 0. The number of fused-ring (bicyclic) bond motifs is 1. The first-order valence-corrected chi connectivity index (χ1v) is 10.1. The Bertz CT molecular complexity index is 962. The Morgan fingerprint density at radius 1 is 1.36 bits per heavy atom. The maximum absolute atomic E-state index is 15.3. The van der Waals surface area contributed by atoms with Crippen molar-refractivity contribution in [3.05, 3.63) is 52.8 Å². The second-order valence-corrected chi connectivity index (χ2v) is 7.93. The second-order valence-electron chi connectivity index (χ2n) is 6.53. The third-order valence-corrected chi connectivity index (χ3v) is 5.53. The Hall–Kier alpha value is -2.22. The maximum Gasteiger partial charge on any atom is 0.279 e. The van der Waals surface area contributed by atoms with Crippen LogP contribution in [0.25, 0.3) is 10.2 Å². The van der Waals surface area contributed by atoms with Crippen molar-refractivity contribution in [3.8, 4) is 10.9 Å². The molecule has 0 aliphatic carbocycles. The summed E-state index contributed by atoms with van der Waals surface area (Å²) in [5.41, 5.74) is 6.44. The predicted molar refractivity (Wildman–Crippen MR) is 111 cm³/mol. The topological polar surface area (TPSA) is 77.2 Å². The molecule has 0 spiro atoms. The summed E-state index contributed by atoms with van der Waals surface area (Å²) in [5.74, 6) is -1.01. The number of ether oxygens (including phenoxy) is 1. The second kappa shape index (κ2) is 8.86. The molecule has 148 valence electrons. The zero-order valence-electron chi connectivity index (χ0n) is 15.5. The average molecular weight is 422 g/mol. The van der Waals surface area contributed by atoms with Gasteiger partial charge in [-0.1, -0.05) is 48.1 Å². The number of nitrogens with one attached hydrogen (secondary N) is 1. The molecular formula is C20H21ClFN3O2S. The van der Waals surface area contributed by atoms with Crippen molar-refractivity contribution in [2.45, 2.75) is 38.8 Å². The third kappa shape index (κ3) is 4.60. The van der Waals surface area contributed by atoms with E-state index in [9.17, 15) is 4.79 Å². The van der Waals surface area contributed by atoms with Gasteiger partial charge in [0.25, 0.3) is 5.19 Å². The molecule has 0 saturated heterocycles. The van der Waals surface area contributed by atoms with Crippen LogP contribution in [0.5, 0.6) is 10.9 Å². The standard InChI is InChI=1S/C20H21ClFN3O2S/c1-3-14(24-11(2)10-17(23)26)12-8-9-13(21)19(18(12)22)27-20-25-15-6-4-5-7-16(15)28-20/h4-9,11,14,24H,3,10H2,1-2H3,(H2,23,26)/t11-,14+/m0/s1. The van der Waals surface area contributed by atoms with Crippen molar-refractivity contribution in [1.82, 2.24) is 10.3 Å². The van der Waals surface area contributed by atoms with E-state index in [0.29, 0.717) is 17.2 Å². The lowest BCUT2D eigenvalue weighted by Crippen LogP contribution is -2.34. The van der Waals surface area contributed by atoms with Crippen molar-refractivity contribution in [3.63, 3.8) is 0 Å². The van der Waals surface area contributed by atoms with Crippen LogP contribution in [0.1, 0.15) is 38.3 Å². The highest BCUT2D eigenvalue weighted by atomic mass is 35.5. The van der Waals surface area contributed by atoms with Crippen LogP contribution in [0.4, 0.5) is 4.39 Å². The molecule has 3 aromatic rings. The molecule has 28 heavy (non-hydrogen) atoms. The number of carbonyl (C=O) groups is 1. The Morgan fingerprint density at radius 2 is 2.11 bits per heavy atom. The highest BCUT2D eigenvalue weighted by Gasteiger charge is 2.23. The smallest absolute Gasteiger partial charge is 0.279 e. The maximum atomic E-state index is 15.3. The molecule has 0 unspecified atom stereocenters. The number of halogens is 2. The van der Waals surface area contributed by atoms with E-state index in [1.165, 1.54) is 11.3 Å². The van der Waals surface area contributed by atoms with Crippen molar-refractivity contribution in [2.75, 3.05) is 0 Å². The van der Waals surface area contributed by atoms with E-state index in [1.54, 1.807) is 12.1 Å². The van der Waals surface area contributed by atoms with E-state index < -0.39 is 11.7 Å². The molecule has 0 saturated carbocycles. The fourth-order valence-corrected chi connectivity index (χ4v) is 4.03. The predicted octanol–water partition coefficient (Wildman–Crippen LogP) is 5.19. The van der Waals surface area contributed by atoms with Crippen LogP contribution in [0.15, 0.2) is 36.4 Å². The largest absolute Gasteiger partial charge is 0.426 e. The van der Waals surface area contributed by atoms with Crippen molar-refractivity contribution in [2.24, 2.45) is 5.73 Å². The van der Waals surface area contributed by atoms with E-state index in [0.717, 1.165) is 10.2 Å². The van der Waals surface area contributed by atoms with E-state index in [2.05, 4.69) is 10.3 Å². The average Bonchev–Trinajstić information content (AvgIpc) is 3.05. The number of benzene rings is 2. The van der Waals surface area contributed by atoms with Gasteiger partial charge < -0.3 is 15.8 Å². The van der Waals surface area contributed by atoms with Crippen LogP contribution in [-0.2, 0) is 4.79 Å². The van der Waals surface area contributed by atoms with Crippen molar-refractivity contribution < 1.29 is 13.9 Å². The lowest BCUT2D eigenvalue weighted by atomic mass is 10.0.